The molecule has 0 atom stereocenters. The highest BCUT2D eigenvalue weighted by atomic mass is 16.5. The molecule has 0 spiro atoms. The number of unbranched alkanes of at least 4 members (excludes halogenated alkanes) is 24. The van der Waals surface area contributed by atoms with Gasteiger partial charge in [-0.1, -0.05) is 229 Å². The zero-order valence-corrected chi connectivity index (χ0v) is 58.0. The first-order chi connectivity index (χ1) is 47.5. The molecule has 3 aromatic heterocycles. The first kappa shape index (κ1) is 71.2. The van der Waals surface area contributed by atoms with Crippen molar-refractivity contribution in [3.05, 3.63) is 189 Å². The molecule has 2 N–H and O–H groups in total. The lowest BCUT2D eigenvalue weighted by Gasteiger charge is -2.06. The number of hydrogen-bond acceptors (Lipinski definition) is 6. The molecule has 9 rings (SSSR count). The average molecular weight is 1280 g/mol. The molecule has 0 radical (unpaired) electrons. The number of ether oxygens (including phenoxy) is 4. The first-order valence-electron chi connectivity index (χ1n) is 36.6. The monoisotopic (exact) mass is 1280 g/mol. The van der Waals surface area contributed by atoms with Crippen LogP contribution in [0.25, 0.3) is 46.4 Å². The van der Waals surface area contributed by atoms with Crippen LogP contribution in [0.15, 0.2) is 121 Å². The summed E-state index contributed by atoms with van der Waals surface area (Å²) >= 11 is 0. The van der Waals surface area contributed by atoms with E-state index in [2.05, 4.69) is 109 Å². The molecule has 0 aliphatic carbocycles. The highest BCUT2D eigenvalue weighted by Crippen LogP contribution is 2.28. The van der Waals surface area contributed by atoms with Crippen molar-refractivity contribution in [2.24, 2.45) is 0 Å². The molecular weight excluding hydrogens is 1180 g/mol. The standard InChI is InChI=1S/C88H102N4O4/c1-5-9-13-17-21-25-29-65-93-73-45-33-69(34-46-73)41-53-77-81-57-59-83(89-81)78(54-42-70-35-47-74(48-36-70)94-66-30-26-22-18-14-10-6-2)85-61-63-87(91-85)80(56-44-72-39-51-76(52-40-72)96-68-32-28-24-20-16-12-8-4)88-64-62-86(92-88)79(84-60-58-82(77)90-84)55-43-71-37-49-75(50-38-71)95-67-31-27-23-19-15-11-7-3/h33-40,45-52,57-64,89-90H,5-32,65-68H2,1-4H3. The number of rotatable bonds is 36. The average Bonchev–Trinajstić information content (AvgIpc) is 1.65. The number of benzene rings is 4. The predicted molar refractivity (Wildman–Crippen MR) is 402 cm³/mol. The SMILES string of the molecule is CCCCCCCCCOc1ccc(C#Cc2c3nc(c(C#Cc4ccc(OCCCCCCCCC)cc4)c4ccc([nH]4)c(C#Cc4ccc(OCCCCCCCCC)cc4)c4ccc([nH]4)c(C#Cc4ccc(OCCCCCCCCC)cc4)c4nc2C=C4)C=C3)cc1. The van der Waals surface area contributed by atoms with Gasteiger partial charge in [0.15, 0.2) is 0 Å². The summed E-state index contributed by atoms with van der Waals surface area (Å²) < 4.78 is 24.7. The van der Waals surface area contributed by atoms with E-state index >= 15 is 0 Å². The van der Waals surface area contributed by atoms with Gasteiger partial charge in [-0.3, -0.25) is 0 Å². The zero-order valence-electron chi connectivity index (χ0n) is 58.0. The van der Waals surface area contributed by atoms with Gasteiger partial charge in [-0.05, 0) is 171 Å². The van der Waals surface area contributed by atoms with Gasteiger partial charge in [0.25, 0.3) is 0 Å². The Balaban J connectivity index is 1.10. The van der Waals surface area contributed by atoms with Crippen molar-refractivity contribution in [1.29, 1.82) is 0 Å². The molecule has 2 aliphatic heterocycles. The molecule has 8 heteroatoms. The van der Waals surface area contributed by atoms with Crippen LogP contribution in [0.2, 0.25) is 0 Å². The molecule has 4 aromatic carbocycles. The topological polar surface area (TPSA) is 94.3 Å². The Bertz CT molecular complexity index is 3850. The van der Waals surface area contributed by atoms with Crippen molar-refractivity contribution in [3.63, 3.8) is 0 Å². The van der Waals surface area contributed by atoms with Gasteiger partial charge in [0.2, 0.25) is 0 Å². The molecule has 8 nitrogen and oxygen atoms in total. The maximum absolute atomic E-state index is 6.19. The summed E-state index contributed by atoms with van der Waals surface area (Å²) in [5, 5.41) is 0. The summed E-state index contributed by atoms with van der Waals surface area (Å²) in [7, 11) is 0. The van der Waals surface area contributed by atoms with E-state index < -0.39 is 0 Å². The van der Waals surface area contributed by atoms with Crippen LogP contribution in [0.1, 0.15) is 275 Å². The van der Waals surface area contributed by atoms with E-state index in [9.17, 15) is 0 Å². The van der Waals surface area contributed by atoms with Crippen LogP contribution >= 0.6 is 0 Å². The Kier molecular flexibility index (Phi) is 30.4. The number of H-pyrrole nitrogens is 2. The van der Waals surface area contributed by atoms with E-state index in [1.54, 1.807) is 0 Å². The molecule has 96 heavy (non-hydrogen) atoms. The van der Waals surface area contributed by atoms with Crippen LogP contribution in [0.5, 0.6) is 23.0 Å². The molecule has 0 unspecified atom stereocenters. The molecule has 2 aliphatic rings. The quantitative estimate of drug-likeness (QED) is 0.0300. The van der Waals surface area contributed by atoms with Crippen molar-refractivity contribution >= 4 is 46.4 Å². The minimum absolute atomic E-state index is 0.675. The van der Waals surface area contributed by atoms with Gasteiger partial charge in [0.05, 0.1) is 93.5 Å². The van der Waals surface area contributed by atoms with E-state index in [-0.39, 0.29) is 0 Å². The number of fused-ring (bicyclic) bond motifs is 8. The van der Waals surface area contributed by atoms with Crippen LogP contribution < -0.4 is 18.9 Å². The summed E-state index contributed by atoms with van der Waals surface area (Å²) in [5.41, 5.74) is 12.3. The number of nitrogens with one attached hydrogen (secondary N) is 2. The van der Waals surface area contributed by atoms with E-state index in [1.807, 2.05) is 121 Å². The van der Waals surface area contributed by atoms with Crippen molar-refractivity contribution < 1.29 is 18.9 Å². The molecule has 498 valence electrons. The van der Waals surface area contributed by atoms with E-state index in [0.29, 0.717) is 54.8 Å². The molecular formula is C88H102N4O4. The van der Waals surface area contributed by atoms with Crippen LogP contribution in [0.3, 0.4) is 0 Å². The predicted octanol–water partition coefficient (Wildman–Crippen LogP) is 22.8. The summed E-state index contributed by atoms with van der Waals surface area (Å²) in [6.07, 6.45) is 42.8. The lowest BCUT2D eigenvalue weighted by molar-refractivity contribution is 0.304. The van der Waals surface area contributed by atoms with Crippen molar-refractivity contribution in [3.8, 4) is 70.4 Å². The van der Waals surface area contributed by atoms with Gasteiger partial charge in [-0.2, -0.15) is 0 Å². The maximum Gasteiger partial charge on any atom is 0.119 e. The highest BCUT2D eigenvalue weighted by Gasteiger charge is 2.16. The Hall–Kier alpha value is -9.08. The van der Waals surface area contributed by atoms with E-state index in [1.165, 1.54) is 154 Å². The number of aromatic amines is 2. The summed E-state index contributed by atoms with van der Waals surface area (Å²) in [6, 6.07) is 40.7. The third-order valence-corrected chi connectivity index (χ3v) is 17.6. The second kappa shape index (κ2) is 41.0. The van der Waals surface area contributed by atoms with Gasteiger partial charge in [0.1, 0.15) is 23.0 Å². The lowest BCUT2D eigenvalue weighted by atomic mass is 10.1. The van der Waals surface area contributed by atoms with Gasteiger partial charge in [0, 0.05) is 22.3 Å². The van der Waals surface area contributed by atoms with Crippen LogP contribution in [-0.4, -0.2) is 46.4 Å². The Morgan fingerprint density at radius 2 is 0.458 bits per heavy atom. The minimum Gasteiger partial charge on any atom is -0.494 e. The largest absolute Gasteiger partial charge is 0.494 e. The van der Waals surface area contributed by atoms with Crippen LogP contribution in [0, 0.1) is 47.4 Å². The number of aromatic nitrogens is 4. The van der Waals surface area contributed by atoms with Crippen molar-refractivity contribution in [2.75, 3.05) is 26.4 Å². The lowest BCUT2D eigenvalue weighted by Crippen LogP contribution is -1.97. The fourth-order valence-electron chi connectivity index (χ4n) is 11.8. The second-order valence-corrected chi connectivity index (χ2v) is 25.5. The Morgan fingerprint density at radius 3 is 0.729 bits per heavy atom. The fraction of sp³-hybridized carbons (Fsp3) is 0.409. The minimum atomic E-state index is 0.675. The van der Waals surface area contributed by atoms with E-state index in [0.717, 1.165) is 110 Å². The molecule has 5 heterocycles. The number of hydrogen-bond donors (Lipinski definition) is 2. The second-order valence-electron chi connectivity index (χ2n) is 25.5. The maximum atomic E-state index is 6.19. The summed E-state index contributed by atoms with van der Waals surface area (Å²) in [5.74, 6) is 31.7. The summed E-state index contributed by atoms with van der Waals surface area (Å²) in [4.78, 5) is 18.3. The Morgan fingerprint density at radius 1 is 0.240 bits per heavy atom. The van der Waals surface area contributed by atoms with Crippen molar-refractivity contribution in [2.45, 2.75) is 207 Å². The first-order valence-corrected chi connectivity index (χ1v) is 36.6. The molecule has 7 aromatic rings. The Labute approximate surface area is 575 Å². The van der Waals surface area contributed by atoms with Gasteiger partial charge >= 0.3 is 0 Å². The third kappa shape index (κ3) is 23.7. The molecule has 0 saturated carbocycles. The molecule has 8 bridgehead atoms. The molecule has 0 amide bonds. The van der Waals surface area contributed by atoms with Crippen LogP contribution in [-0.2, 0) is 0 Å². The fourth-order valence-corrected chi connectivity index (χ4v) is 11.8. The smallest absolute Gasteiger partial charge is 0.119 e. The summed E-state index contributed by atoms with van der Waals surface area (Å²) in [6.45, 7) is 11.9. The normalized spacial score (nSPS) is 11.2. The van der Waals surface area contributed by atoms with Crippen LogP contribution in [0.4, 0.5) is 0 Å². The van der Waals surface area contributed by atoms with Gasteiger partial charge in [-0.25, -0.2) is 9.97 Å². The molecule has 0 saturated heterocycles. The zero-order chi connectivity index (χ0) is 66.5. The van der Waals surface area contributed by atoms with E-state index in [4.69, 9.17) is 28.9 Å². The highest BCUT2D eigenvalue weighted by molar-refractivity contribution is 5.88. The van der Waals surface area contributed by atoms with Crippen molar-refractivity contribution in [1.82, 2.24) is 19.9 Å². The van der Waals surface area contributed by atoms with Gasteiger partial charge < -0.3 is 28.9 Å². The third-order valence-electron chi connectivity index (χ3n) is 17.6. The number of nitrogens with zero attached hydrogens (tertiary/aromatic N) is 2. The molecule has 0 fully saturated rings. The van der Waals surface area contributed by atoms with Gasteiger partial charge in [-0.15, -0.1) is 0 Å².